The van der Waals surface area contributed by atoms with Gasteiger partial charge in [-0.3, -0.25) is 0 Å². The van der Waals surface area contributed by atoms with E-state index in [2.05, 4.69) is 22.6 Å². The molecule has 0 aromatic rings. The molecule has 0 aromatic heterocycles. The van der Waals surface area contributed by atoms with E-state index >= 15 is 0 Å². The average Bonchev–Trinajstić information content (AvgIpc) is 2.58. The Hall–Kier alpha value is 0.430. The molecule has 0 heterocycles. The summed E-state index contributed by atoms with van der Waals surface area (Å²) in [7, 11) is 0. The Kier molecular flexibility index (Phi) is 12.6. The third-order valence-electron chi connectivity index (χ3n) is 6.97. The molecule has 1 unspecified atom stereocenters. The van der Waals surface area contributed by atoms with Crippen LogP contribution in [0.25, 0.3) is 0 Å². The van der Waals surface area contributed by atoms with Crippen molar-refractivity contribution in [1.82, 2.24) is 0 Å². The third-order valence-corrected chi connectivity index (χ3v) is 7.39. The van der Waals surface area contributed by atoms with Crippen LogP contribution >= 0.6 is 22.6 Å². The summed E-state index contributed by atoms with van der Waals surface area (Å²) >= 11 is 2.20. The molecule has 0 bridgehead atoms. The van der Waals surface area contributed by atoms with Gasteiger partial charge in [-0.15, -0.1) is 0 Å². The van der Waals surface area contributed by atoms with Crippen LogP contribution in [0.15, 0.2) is 10.2 Å². The fourth-order valence-corrected chi connectivity index (χ4v) is 5.54. The fraction of sp³-hybridized carbons (Fsp3) is 0.917. The Labute approximate surface area is 176 Å². The van der Waals surface area contributed by atoms with Crippen LogP contribution in [0.3, 0.4) is 0 Å². The minimum absolute atomic E-state index is 0.191. The summed E-state index contributed by atoms with van der Waals surface area (Å²) in [4.78, 5) is 0. The first-order valence-electron chi connectivity index (χ1n) is 11.7. The van der Waals surface area contributed by atoms with Crippen LogP contribution in [-0.4, -0.2) is 11.2 Å². The van der Waals surface area contributed by atoms with Crippen molar-refractivity contribution in [2.45, 2.75) is 122 Å². The maximum Gasteiger partial charge on any atom is 0.0756 e. The van der Waals surface area contributed by atoms with Crippen molar-refractivity contribution in [3.63, 3.8) is 0 Å². The minimum atomic E-state index is -0.191. The minimum Gasteiger partial charge on any atom is -0.389 e. The summed E-state index contributed by atoms with van der Waals surface area (Å²) in [6.07, 6.45) is 27.9. The van der Waals surface area contributed by atoms with Crippen molar-refractivity contribution in [1.29, 1.82) is 0 Å². The first-order valence-corrected chi connectivity index (χ1v) is 13.0. The molecule has 2 aliphatic carbocycles. The van der Waals surface area contributed by atoms with Gasteiger partial charge in [-0.05, 0) is 40.8 Å². The van der Waals surface area contributed by atoms with Crippen molar-refractivity contribution >= 4 is 22.6 Å². The predicted molar refractivity (Wildman–Crippen MR) is 123 cm³/mol. The number of halogens is 1. The lowest BCUT2D eigenvalue weighted by Gasteiger charge is -2.37. The molecule has 2 fully saturated rings. The van der Waals surface area contributed by atoms with Crippen molar-refractivity contribution < 1.29 is 5.11 Å². The highest BCUT2D eigenvalue weighted by Crippen LogP contribution is 2.39. The Bertz CT molecular complexity index is 349. The molecule has 1 nitrogen and oxygen atoms in total. The predicted octanol–water partition coefficient (Wildman–Crippen LogP) is 8.19. The Morgan fingerprint density at radius 3 is 1.77 bits per heavy atom. The highest BCUT2D eigenvalue weighted by Gasteiger charge is 2.32. The van der Waals surface area contributed by atoms with Crippen LogP contribution in [0.5, 0.6) is 0 Å². The number of hydrogen-bond donors (Lipinski definition) is 1. The second-order valence-corrected chi connectivity index (χ2v) is 9.89. The molecule has 2 rings (SSSR count). The molecule has 2 heteroatoms. The van der Waals surface area contributed by atoms with Gasteiger partial charge >= 0.3 is 0 Å². The Morgan fingerprint density at radius 2 is 1.23 bits per heavy atom. The zero-order valence-corrected chi connectivity index (χ0v) is 19.2. The maximum absolute atomic E-state index is 9.96. The Balaban J connectivity index is 1.49. The molecule has 26 heavy (non-hydrogen) atoms. The molecule has 152 valence electrons. The smallest absolute Gasteiger partial charge is 0.0756 e. The standard InChI is InChI=1S/C24H43IO/c25-18-17-24(26)23-19-22(20-23)16-12-8-11-15-21-13-9-6-4-2-1-3-5-7-10-14-21/h17-18,21-24,26H,1-16,19-20H2/b18-17+. The molecule has 0 radical (unpaired) electrons. The van der Waals surface area contributed by atoms with Gasteiger partial charge in [0.1, 0.15) is 0 Å². The van der Waals surface area contributed by atoms with Gasteiger partial charge in [0.2, 0.25) is 0 Å². The lowest BCUT2D eigenvalue weighted by atomic mass is 9.70. The van der Waals surface area contributed by atoms with E-state index in [1.165, 1.54) is 116 Å². The highest BCUT2D eigenvalue weighted by atomic mass is 127. The van der Waals surface area contributed by atoms with E-state index < -0.39 is 0 Å². The molecular weight excluding hydrogens is 431 g/mol. The van der Waals surface area contributed by atoms with E-state index in [1.807, 2.05) is 10.2 Å². The van der Waals surface area contributed by atoms with E-state index in [0.717, 1.165) is 11.8 Å². The van der Waals surface area contributed by atoms with E-state index in [9.17, 15) is 5.11 Å². The zero-order chi connectivity index (χ0) is 18.5. The second kappa shape index (κ2) is 14.4. The number of aliphatic hydroxyl groups is 1. The summed E-state index contributed by atoms with van der Waals surface area (Å²) in [5, 5.41) is 9.96. The SMILES string of the molecule is OC(/C=C/I)C1CC(CCCCCC2CCCCCCCCCCC2)C1. The first kappa shape index (κ1) is 22.7. The highest BCUT2D eigenvalue weighted by molar-refractivity contribution is 14.1. The molecule has 2 saturated carbocycles. The van der Waals surface area contributed by atoms with Crippen LogP contribution in [0, 0.1) is 17.8 Å². The molecule has 0 spiro atoms. The van der Waals surface area contributed by atoms with Crippen LogP contribution in [0.2, 0.25) is 0 Å². The number of unbranched alkanes of at least 4 members (excludes halogenated alkanes) is 2. The molecule has 2 aliphatic rings. The number of hydrogen-bond acceptors (Lipinski definition) is 1. The van der Waals surface area contributed by atoms with Gasteiger partial charge in [-0.2, -0.15) is 0 Å². The van der Waals surface area contributed by atoms with Gasteiger partial charge in [0.25, 0.3) is 0 Å². The summed E-state index contributed by atoms with van der Waals surface area (Å²) in [5.74, 6) is 2.47. The van der Waals surface area contributed by atoms with Crippen molar-refractivity contribution in [3.05, 3.63) is 10.2 Å². The monoisotopic (exact) mass is 474 g/mol. The van der Waals surface area contributed by atoms with Crippen molar-refractivity contribution in [2.24, 2.45) is 17.8 Å². The molecule has 0 amide bonds. The quantitative estimate of drug-likeness (QED) is 0.278. The molecule has 1 N–H and O–H groups in total. The van der Waals surface area contributed by atoms with Gasteiger partial charge in [-0.1, -0.05) is 125 Å². The van der Waals surface area contributed by atoms with Gasteiger partial charge in [0, 0.05) is 0 Å². The summed E-state index contributed by atoms with van der Waals surface area (Å²) in [5.41, 5.74) is 0. The molecule has 0 saturated heterocycles. The molecular formula is C24H43IO. The van der Waals surface area contributed by atoms with E-state index in [1.54, 1.807) is 0 Å². The van der Waals surface area contributed by atoms with Gasteiger partial charge in [0.05, 0.1) is 6.10 Å². The number of rotatable bonds is 8. The van der Waals surface area contributed by atoms with Crippen molar-refractivity contribution in [2.75, 3.05) is 0 Å². The summed E-state index contributed by atoms with van der Waals surface area (Å²) in [6, 6.07) is 0. The zero-order valence-electron chi connectivity index (χ0n) is 17.0. The van der Waals surface area contributed by atoms with Crippen LogP contribution < -0.4 is 0 Å². The maximum atomic E-state index is 9.96. The van der Waals surface area contributed by atoms with E-state index in [-0.39, 0.29) is 6.10 Å². The van der Waals surface area contributed by atoms with Crippen LogP contribution in [0.1, 0.15) is 116 Å². The molecule has 0 aliphatic heterocycles. The van der Waals surface area contributed by atoms with Gasteiger partial charge in [0.15, 0.2) is 0 Å². The largest absolute Gasteiger partial charge is 0.389 e. The third kappa shape index (κ3) is 9.57. The topological polar surface area (TPSA) is 20.2 Å². The second-order valence-electron chi connectivity index (χ2n) is 9.17. The number of aliphatic hydroxyl groups excluding tert-OH is 1. The van der Waals surface area contributed by atoms with Crippen LogP contribution in [-0.2, 0) is 0 Å². The first-order chi connectivity index (χ1) is 12.8. The Morgan fingerprint density at radius 1 is 0.731 bits per heavy atom. The lowest BCUT2D eigenvalue weighted by molar-refractivity contribution is 0.0540. The van der Waals surface area contributed by atoms with Gasteiger partial charge < -0.3 is 5.11 Å². The van der Waals surface area contributed by atoms with Gasteiger partial charge in [-0.25, -0.2) is 0 Å². The van der Waals surface area contributed by atoms with Crippen LogP contribution in [0.4, 0.5) is 0 Å². The average molecular weight is 475 g/mol. The van der Waals surface area contributed by atoms with E-state index in [0.29, 0.717) is 5.92 Å². The fourth-order valence-electron chi connectivity index (χ4n) is 5.11. The normalized spacial score (nSPS) is 28.2. The molecule has 1 atom stereocenters. The molecule has 0 aromatic carbocycles. The van der Waals surface area contributed by atoms with E-state index in [4.69, 9.17) is 0 Å². The summed E-state index contributed by atoms with van der Waals surface area (Å²) < 4.78 is 1.96. The van der Waals surface area contributed by atoms with Crippen molar-refractivity contribution in [3.8, 4) is 0 Å². The lowest BCUT2D eigenvalue weighted by Crippen LogP contribution is -2.32. The summed E-state index contributed by atoms with van der Waals surface area (Å²) in [6.45, 7) is 0.